The molecular formula is C9H10ClNO3. The molecule has 14 heavy (non-hydrogen) atoms. The van der Waals surface area contributed by atoms with Crippen molar-refractivity contribution in [3.63, 3.8) is 0 Å². The number of hydrogen-bond acceptors (Lipinski definition) is 3. The van der Waals surface area contributed by atoms with Gasteiger partial charge in [0, 0.05) is 24.6 Å². The SMILES string of the molecule is O=C(O)C1CNCC1c1ccoc1Cl. The minimum absolute atomic E-state index is 0.0845. The Hall–Kier alpha value is -1.00. The number of nitrogens with one attached hydrogen (secondary N) is 1. The summed E-state index contributed by atoms with van der Waals surface area (Å²) in [6.45, 7) is 1.12. The maximum absolute atomic E-state index is 10.9. The highest BCUT2D eigenvalue weighted by atomic mass is 35.5. The zero-order valence-electron chi connectivity index (χ0n) is 7.37. The molecular weight excluding hydrogens is 206 g/mol. The Morgan fingerprint density at radius 2 is 2.43 bits per heavy atom. The van der Waals surface area contributed by atoms with E-state index >= 15 is 0 Å². The number of aliphatic carboxylic acids is 1. The number of furan rings is 1. The van der Waals surface area contributed by atoms with Crippen molar-refractivity contribution < 1.29 is 14.3 Å². The molecule has 1 aromatic heterocycles. The van der Waals surface area contributed by atoms with Crippen LogP contribution in [0.1, 0.15) is 11.5 Å². The number of rotatable bonds is 2. The third-order valence-corrected chi connectivity index (χ3v) is 2.88. The van der Waals surface area contributed by atoms with E-state index in [0.29, 0.717) is 18.3 Å². The Kier molecular flexibility index (Phi) is 2.48. The number of carboxylic acid groups (broad SMARTS) is 1. The van der Waals surface area contributed by atoms with Crippen LogP contribution in [0.4, 0.5) is 0 Å². The van der Waals surface area contributed by atoms with Crippen molar-refractivity contribution in [3.05, 3.63) is 23.1 Å². The molecule has 0 saturated carbocycles. The second-order valence-electron chi connectivity index (χ2n) is 3.36. The summed E-state index contributed by atoms with van der Waals surface area (Å²) in [7, 11) is 0. The Labute approximate surface area is 85.9 Å². The highest BCUT2D eigenvalue weighted by molar-refractivity contribution is 6.29. The van der Waals surface area contributed by atoms with E-state index in [1.165, 1.54) is 6.26 Å². The van der Waals surface area contributed by atoms with Gasteiger partial charge in [-0.3, -0.25) is 4.79 Å². The van der Waals surface area contributed by atoms with Gasteiger partial charge in [-0.2, -0.15) is 0 Å². The summed E-state index contributed by atoms with van der Waals surface area (Å²) in [4.78, 5) is 10.9. The number of carbonyl (C=O) groups is 1. The lowest BCUT2D eigenvalue weighted by atomic mass is 9.91. The predicted octanol–water partition coefficient (Wildman–Crippen LogP) is 1.32. The molecule has 0 aromatic carbocycles. The van der Waals surface area contributed by atoms with Crippen LogP contribution in [-0.2, 0) is 4.79 Å². The molecule has 2 N–H and O–H groups in total. The van der Waals surface area contributed by atoms with Gasteiger partial charge in [0.2, 0.25) is 0 Å². The van der Waals surface area contributed by atoms with Crippen molar-refractivity contribution in [1.82, 2.24) is 5.32 Å². The van der Waals surface area contributed by atoms with Gasteiger partial charge < -0.3 is 14.8 Å². The minimum atomic E-state index is -0.794. The van der Waals surface area contributed by atoms with E-state index < -0.39 is 11.9 Å². The zero-order chi connectivity index (χ0) is 10.1. The summed E-state index contributed by atoms with van der Waals surface area (Å²) in [5.41, 5.74) is 0.782. The Bertz CT molecular complexity index is 350. The highest BCUT2D eigenvalue weighted by Crippen LogP contribution is 2.33. The van der Waals surface area contributed by atoms with E-state index in [1.807, 2.05) is 0 Å². The average molecular weight is 216 g/mol. The molecule has 1 fully saturated rings. The molecule has 1 saturated heterocycles. The van der Waals surface area contributed by atoms with Crippen LogP contribution in [0.15, 0.2) is 16.7 Å². The van der Waals surface area contributed by atoms with Crippen LogP contribution in [0, 0.1) is 5.92 Å². The van der Waals surface area contributed by atoms with Gasteiger partial charge in [0.15, 0.2) is 5.22 Å². The van der Waals surface area contributed by atoms with Gasteiger partial charge in [0.25, 0.3) is 0 Å². The molecule has 2 unspecified atom stereocenters. The smallest absolute Gasteiger partial charge is 0.308 e. The molecule has 0 bridgehead atoms. The largest absolute Gasteiger partial charge is 0.481 e. The summed E-state index contributed by atoms with van der Waals surface area (Å²) in [6, 6.07) is 1.73. The van der Waals surface area contributed by atoms with Crippen molar-refractivity contribution in [3.8, 4) is 0 Å². The monoisotopic (exact) mass is 215 g/mol. The van der Waals surface area contributed by atoms with Gasteiger partial charge >= 0.3 is 5.97 Å². The Morgan fingerprint density at radius 3 is 3.00 bits per heavy atom. The van der Waals surface area contributed by atoms with Crippen molar-refractivity contribution in [1.29, 1.82) is 0 Å². The van der Waals surface area contributed by atoms with E-state index in [-0.39, 0.29) is 5.92 Å². The van der Waals surface area contributed by atoms with Gasteiger partial charge in [-0.05, 0) is 17.7 Å². The first-order valence-electron chi connectivity index (χ1n) is 4.36. The molecule has 76 valence electrons. The molecule has 4 nitrogen and oxygen atoms in total. The fourth-order valence-electron chi connectivity index (χ4n) is 1.83. The Morgan fingerprint density at radius 1 is 1.64 bits per heavy atom. The molecule has 5 heteroatoms. The van der Waals surface area contributed by atoms with Crippen LogP contribution in [0.5, 0.6) is 0 Å². The van der Waals surface area contributed by atoms with Crippen LogP contribution in [0.25, 0.3) is 0 Å². The van der Waals surface area contributed by atoms with Crippen LogP contribution in [0.2, 0.25) is 5.22 Å². The highest BCUT2D eigenvalue weighted by Gasteiger charge is 2.35. The Balaban J connectivity index is 2.26. The maximum Gasteiger partial charge on any atom is 0.308 e. The van der Waals surface area contributed by atoms with Crippen LogP contribution in [-0.4, -0.2) is 24.2 Å². The van der Waals surface area contributed by atoms with Crippen molar-refractivity contribution in [2.45, 2.75) is 5.92 Å². The summed E-state index contributed by atoms with van der Waals surface area (Å²) < 4.78 is 4.95. The van der Waals surface area contributed by atoms with Crippen molar-refractivity contribution in [2.24, 2.45) is 5.92 Å². The normalized spacial score (nSPS) is 26.6. The third-order valence-electron chi connectivity index (χ3n) is 2.58. The summed E-state index contributed by atoms with van der Waals surface area (Å²) in [6.07, 6.45) is 1.48. The maximum atomic E-state index is 10.9. The third kappa shape index (κ3) is 1.51. The standard InChI is InChI=1S/C9H10ClNO3/c10-8-5(1-2-14-8)6-3-11-4-7(6)9(12)13/h1-2,6-7,11H,3-4H2,(H,12,13). The number of halogens is 1. The second-order valence-corrected chi connectivity index (χ2v) is 3.70. The van der Waals surface area contributed by atoms with Crippen LogP contribution in [0.3, 0.4) is 0 Å². The van der Waals surface area contributed by atoms with Crippen LogP contribution >= 0.6 is 11.6 Å². The first kappa shape index (κ1) is 9.55. The lowest BCUT2D eigenvalue weighted by Gasteiger charge is -2.12. The summed E-state index contributed by atoms with van der Waals surface area (Å²) >= 11 is 5.80. The summed E-state index contributed by atoms with van der Waals surface area (Å²) in [5, 5.41) is 12.3. The average Bonchev–Trinajstić information content (AvgIpc) is 2.70. The van der Waals surface area contributed by atoms with E-state index in [9.17, 15) is 4.79 Å². The zero-order valence-corrected chi connectivity index (χ0v) is 8.12. The molecule has 0 spiro atoms. The van der Waals surface area contributed by atoms with E-state index in [4.69, 9.17) is 21.1 Å². The fourth-order valence-corrected chi connectivity index (χ4v) is 2.09. The van der Waals surface area contributed by atoms with Gasteiger partial charge in [0.1, 0.15) is 0 Å². The number of hydrogen-bond donors (Lipinski definition) is 2. The molecule has 0 amide bonds. The first-order chi connectivity index (χ1) is 6.70. The molecule has 0 radical (unpaired) electrons. The second kappa shape index (κ2) is 3.63. The minimum Gasteiger partial charge on any atom is -0.481 e. The van der Waals surface area contributed by atoms with Gasteiger partial charge in [0.05, 0.1) is 12.2 Å². The quantitative estimate of drug-likeness (QED) is 0.781. The van der Waals surface area contributed by atoms with Gasteiger partial charge in [-0.1, -0.05) is 0 Å². The van der Waals surface area contributed by atoms with E-state index in [0.717, 1.165) is 5.56 Å². The van der Waals surface area contributed by atoms with Crippen molar-refractivity contribution >= 4 is 17.6 Å². The molecule has 0 aliphatic carbocycles. The lowest BCUT2D eigenvalue weighted by Crippen LogP contribution is -2.20. The summed E-state index contributed by atoms with van der Waals surface area (Å²) in [5.74, 6) is -1.29. The van der Waals surface area contributed by atoms with Gasteiger partial charge in [-0.15, -0.1) is 0 Å². The van der Waals surface area contributed by atoms with E-state index in [2.05, 4.69) is 5.32 Å². The molecule has 1 aliphatic rings. The lowest BCUT2D eigenvalue weighted by molar-refractivity contribution is -0.141. The number of carboxylic acids is 1. The fraction of sp³-hybridized carbons (Fsp3) is 0.444. The molecule has 2 rings (SSSR count). The predicted molar refractivity (Wildman–Crippen MR) is 50.5 cm³/mol. The van der Waals surface area contributed by atoms with E-state index in [1.54, 1.807) is 6.07 Å². The van der Waals surface area contributed by atoms with Gasteiger partial charge in [-0.25, -0.2) is 0 Å². The molecule has 1 aliphatic heterocycles. The molecule has 1 aromatic rings. The molecule has 2 atom stereocenters. The first-order valence-corrected chi connectivity index (χ1v) is 4.74. The van der Waals surface area contributed by atoms with Crippen molar-refractivity contribution in [2.75, 3.05) is 13.1 Å². The topological polar surface area (TPSA) is 62.5 Å². The molecule has 2 heterocycles. The van der Waals surface area contributed by atoms with Crippen LogP contribution < -0.4 is 5.32 Å².